The Hall–Kier alpha value is -9.89. The lowest BCUT2D eigenvalue weighted by Gasteiger charge is -2.33. The minimum Gasteiger partial charge on any atom is -0.467 e. The van der Waals surface area contributed by atoms with E-state index in [9.17, 15) is 57.5 Å². The van der Waals surface area contributed by atoms with Crippen molar-refractivity contribution in [2.45, 2.75) is 185 Å². The Balaban J connectivity index is 0.000000345. The average Bonchev–Trinajstić information content (AvgIpc) is 1.62. The number of imide groups is 2. The molecule has 28 heteroatoms. The fourth-order valence-corrected chi connectivity index (χ4v) is 9.12. The molecule has 3 aromatic carbocycles. The van der Waals surface area contributed by atoms with Crippen LogP contribution in [-0.2, 0) is 44.6 Å². The van der Waals surface area contributed by atoms with E-state index in [1.165, 1.54) is 35.0 Å². The van der Waals surface area contributed by atoms with Crippen LogP contribution in [0.1, 0.15) is 185 Å². The zero-order chi connectivity index (χ0) is 70.9. The number of hydrazine groups is 2. The van der Waals surface area contributed by atoms with Crippen LogP contribution in [-0.4, -0.2) is 168 Å². The molecule has 11 amide bonds. The maximum atomic E-state index is 14.0. The minimum atomic E-state index is -1.16. The first-order valence-corrected chi connectivity index (χ1v) is 30.4. The number of nitrogens with zero attached hydrogens (tertiary/aromatic N) is 7. The summed E-state index contributed by atoms with van der Waals surface area (Å²) in [4.78, 5) is 164. The predicted octanol–water partition coefficient (Wildman–Crippen LogP) is 10.4. The second-order valence-electron chi connectivity index (χ2n) is 27.6. The average molecular weight is 1310 g/mol. The summed E-state index contributed by atoms with van der Waals surface area (Å²) in [6.45, 7) is 30.5. The van der Waals surface area contributed by atoms with Crippen LogP contribution in [0.3, 0.4) is 0 Å². The number of amides is 11. The summed E-state index contributed by atoms with van der Waals surface area (Å²) in [6, 6.07) is 15.2. The molecule has 0 saturated carbocycles. The van der Waals surface area contributed by atoms with Crippen LogP contribution in [0.25, 0.3) is 10.9 Å². The van der Waals surface area contributed by atoms with Gasteiger partial charge in [-0.3, -0.25) is 29.1 Å². The van der Waals surface area contributed by atoms with E-state index < -0.39 is 137 Å². The molecule has 0 spiro atoms. The number of methoxy groups -OCH3 is 1. The molecule has 0 unspecified atom stereocenters. The molecular formula is C66H88N10O18. The van der Waals surface area contributed by atoms with E-state index in [-0.39, 0.29) is 41.1 Å². The molecule has 3 N–H and O–H groups in total. The smallest absolute Gasteiger partial charge is 0.437 e. The first-order chi connectivity index (χ1) is 43.3. The molecule has 28 nitrogen and oxygen atoms in total. The largest absolute Gasteiger partial charge is 0.467 e. The summed E-state index contributed by atoms with van der Waals surface area (Å²) >= 11 is 0. The van der Waals surface area contributed by atoms with E-state index in [4.69, 9.17) is 28.4 Å². The molecule has 1 aromatic heterocycles. The molecule has 94 heavy (non-hydrogen) atoms. The van der Waals surface area contributed by atoms with E-state index in [2.05, 4.69) is 20.9 Å². The molecule has 0 aliphatic carbocycles. The van der Waals surface area contributed by atoms with Gasteiger partial charge in [0.15, 0.2) is 0 Å². The van der Waals surface area contributed by atoms with Gasteiger partial charge in [0, 0.05) is 24.7 Å². The second kappa shape index (κ2) is 29.8. The van der Waals surface area contributed by atoms with Gasteiger partial charge in [-0.05, 0) is 158 Å². The van der Waals surface area contributed by atoms with Crippen LogP contribution in [0.4, 0.5) is 28.8 Å². The third-order valence-electron chi connectivity index (χ3n) is 13.0. The fourth-order valence-electron chi connectivity index (χ4n) is 9.12. The number of alkyl carbamates (subject to hydrolysis) is 1. The van der Waals surface area contributed by atoms with Crippen molar-refractivity contribution in [2.24, 2.45) is 16.8 Å². The summed E-state index contributed by atoms with van der Waals surface area (Å²) in [6.07, 6.45) is -2.58. The molecule has 6 rings (SSSR count). The Bertz CT molecular complexity index is 3520. The maximum Gasteiger partial charge on any atom is 0.437 e. The fraction of sp³-hybridized carbons (Fsp3) is 0.500. The number of aromatic nitrogens is 1. The van der Waals surface area contributed by atoms with E-state index in [1.807, 2.05) is 0 Å². The molecule has 510 valence electrons. The number of urea groups is 2. The van der Waals surface area contributed by atoms with Gasteiger partial charge in [0.25, 0.3) is 23.6 Å². The highest BCUT2D eigenvalue weighted by Crippen LogP contribution is 2.31. The number of aliphatic imine (C=N–C) groups is 1. The van der Waals surface area contributed by atoms with Crippen LogP contribution in [0.5, 0.6) is 0 Å². The summed E-state index contributed by atoms with van der Waals surface area (Å²) < 4.78 is 33.4. The number of benzene rings is 3. The third kappa shape index (κ3) is 20.1. The summed E-state index contributed by atoms with van der Waals surface area (Å²) in [5.74, 6) is -5.83. The third-order valence-corrected chi connectivity index (χ3v) is 13.0. The van der Waals surface area contributed by atoms with Crippen molar-refractivity contribution in [1.29, 1.82) is 0 Å². The number of hydrogen-bond donors (Lipinski definition) is 3. The quantitative estimate of drug-likeness (QED) is 0.0347. The number of carbonyl (C=O) groups is 12. The molecule has 3 heterocycles. The highest BCUT2D eigenvalue weighted by Gasteiger charge is 2.45. The van der Waals surface area contributed by atoms with Gasteiger partial charge in [-0.25, -0.2) is 53.3 Å². The molecule has 0 bridgehead atoms. The number of guanidine groups is 1. The molecule has 0 fully saturated rings. The topological polar surface area (TPSA) is 330 Å². The molecule has 0 saturated heterocycles. The second-order valence-corrected chi connectivity index (χ2v) is 27.6. The van der Waals surface area contributed by atoms with Gasteiger partial charge in [-0.2, -0.15) is 10.0 Å². The van der Waals surface area contributed by atoms with Gasteiger partial charge in [0.05, 0.1) is 41.4 Å². The number of esters is 2. The van der Waals surface area contributed by atoms with Crippen molar-refractivity contribution in [3.63, 3.8) is 0 Å². The summed E-state index contributed by atoms with van der Waals surface area (Å²) in [7, 11) is 1.15. The Morgan fingerprint density at radius 1 is 0.511 bits per heavy atom. The highest BCUT2D eigenvalue weighted by atomic mass is 16.6. The summed E-state index contributed by atoms with van der Waals surface area (Å²) in [5.41, 5.74) is -3.21. The highest BCUT2D eigenvalue weighted by molar-refractivity contribution is 6.22. The first-order valence-electron chi connectivity index (χ1n) is 30.4. The van der Waals surface area contributed by atoms with Crippen molar-refractivity contribution in [3.8, 4) is 0 Å². The zero-order valence-electron chi connectivity index (χ0n) is 57.1. The van der Waals surface area contributed by atoms with E-state index in [1.54, 1.807) is 180 Å². The lowest BCUT2D eigenvalue weighted by atomic mass is 10.0. The van der Waals surface area contributed by atoms with E-state index in [0.717, 1.165) is 27.0 Å². The van der Waals surface area contributed by atoms with Gasteiger partial charge in [-0.15, -0.1) is 4.99 Å². The van der Waals surface area contributed by atoms with Crippen LogP contribution in [0.15, 0.2) is 84.0 Å². The van der Waals surface area contributed by atoms with Crippen LogP contribution in [0.2, 0.25) is 0 Å². The number of ether oxygens (including phenoxy) is 6. The zero-order valence-corrected chi connectivity index (χ0v) is 57.1. The van der Waals surface area contributed by atoms with Crippen molar-refractivity contribution >= 4 is 88.9 Å². The predicted molar refractivity (Wildman–Crippen MR) is 342 cm³/mol. The monoisotopic (exact) mass is 1310 g/mol. The van der Waals surface area contributed by atoms with Crippen LogP contribution in [0, 0.1) is 11.8 Å². The van der Waals surface area contributed by atoms with Gasteiger partial charge >= 0.3 is 48.4 Å². The lowest BCUT2D eigenvalue weighted by Crippen LogP contribution is -2.58. The van der Waals surface area contributed by atoms with Crippen molar-refractivity contribution in [1.82, 2.24) is 45.5 Å². The van der Waals surface area contributed by atoms with Gasteiger partial charge in [0.2, 0.25) is 5.96 Å². The number of rotatable bonds is 14. The van der Waals surface area contributed by atoms with Gasteiger partial charge in [-0.1, -0.05) is 70.2 Å². The van der Waals surface area contributed by atoms with E-state index in [0.29, 0.717) is 21.5 Å². The molecular weight excluding hydrogens is 1220 g/mol. The van der Waals surface area contributed by atoms with Gasteiger partial charge in [0.1, 0.15) is 40.1 Å². The standard InChI is InChI=1S/C34H50N6O11.C32H38N4O7/c1-20(2)23(26(43)48-12)35-28(44)39(40-24(41)21-16-13-14-17-22(21)25(40)42)19-15-18-38(31(47)51-34(9,10)11)27(36-29(45)49-32(3,4)5)37-30(46)50-33(6,7)8;1-19(2)25(28(39)42-31(3,4)5)33-29(40)35(36-26(37)22-14-9-10-15-23(22)27(36)38)18-20-17-34(30(41)43-32(6,7)8)24-16-12-11-13-21(20)24/h13-14,16-17,20,23H,15,18-19H2,1-12H3,(H,35,44)(H,36,37,45,46);9-17,19,25H,18H2,1-8H3,(H,33,40)/t23-;25-/m00/s1. The normalized spacial score (nSPS) is 14.0. The summed E-state index contributed by atoms with van der Waals surface area (Å²) in [5, 5.41) is 11.3. The number of fused-ring (bicyclic) bond motifs is 3. The number of nitrogens with one attached hydrogen (secondary N) is 3. The first kappa shape index (κ1) is 74.8. The lowest BCUT2D eigenvalue weighted by molar-refractivity contribution is -0.158. The minimum absolute atomic E-state index is 0.0531. The number of hydrogen-bond acceptors (Lipinski definition) is 18. The number of carbonyl (C=O) groups excluding carboxylic acids is 12. The van der Waals surface area contributed by atoms with Crippen LogP contribution < -0.4 is 16.0 Å². The van der Waals surface area contributed by atoms with Crippen molar-refractivity contribution in [3.05, 3.63) is 107 Å². The Morgan fingerprint density at radius 2 is 0.926 bits per heavy atom. The van der Waals surface area contributed by atoms with Crippen molar-refractivity contribution < 1.29 is 86.0 Å². The molecule has 2 aliphatic heterocycles. The molecule has 2 aliphatic rings. The van der Waals surface area contributed by atoms with E-state index >= 15 is 0 Å². The SMILES string of the molecule is CC(C)[C@H](NC(=O)N(Cc1cn(C(=O)OC(C)(C)C)c2ccccc12)N1C(=O)c2ccccc2C1=O)C(=O)OC(C)(C)C.COC(=O)[C@@H](NC(=O)N(CCCN(C(=O)OC(C)(C)C)C(=NC(=O)OC(C)(C)C)NC(=O)OC(C)(C)C)N1C(=O)c2ccccc2C1=O)C(C)C. The van der Waals surface area contributed by atoms with Crippen LogP contribution >= 0.6 is 0 Å². The number of para-hydroxylation sites is 1. The molecule has 2 atom stereocenters. The molecule has 4 aromatic rings. The van der Waals surface area contributed by atoms with Crippen molar-refractivity contribution in [2.75, 3.05) is 20.2 Å². The maximum absolute atomic E-state index is 14.0. The van der Waals surface area contributed by atoms with Gasteiger partial charge < -0.3 is 39.1 Å². The Kier molecular flexibility index (Phi) is 23.7. The Labute approximate surface area is 546 Å². The molecule has 0 radical (unpaired) electrons. The Morgan fingerprint density at radius 3 is 1.36 bits per heavy atom.